The molecule has 25 heavy (non-hydrogen) atoms. The molecule has 7 heteroatoms. The lowest BCUT2D eigenvalue weighted by molar-refractivity contribution is 0.0824. The molecule has 0 bridgehead atoms. The molecule has 0 amide bonds. The van der Waals surface area contributed by atoms with Crippen molar-refractivity contribution < 1.29 is 5.11 Å². The summed E-state index contributed by atoms with van der Waals surface area (Å²) in [6.07, 6.45) is 10.3. The van der Waals surface area contributed by atoms with Crippen LogP contribution < -0.4 is 10.6 Å². The van der Waals surface area contributed by atoms with Crippen LogP contribution in [0, 0.1) is 0 Å². The molecular formula is C18H37IN4OS. The van der Waals surface area contributed by atoms with Gasteiger partial charge in [0.25, 0.3) is 0 Å². The van der Waals surface area contributed by atoms with Gasteiger partial charge in [-0.1, -0.05) is 6.42 Å². The molecule has 148 valence electrons. The maximum absolute atomic E-state index is 9.56. The largest absolute Gasteiger partial charge is 0.393 e. The molecule has 2 atom stereocenters. The van der Waals surface area contributed by atoms with Crippen molar-refractivity contribution in [3.05, 3.63) is 0 Å². The first-order valence-corrected chi connectivity index (χ1v) is 11.0. The van der Waals surface area contributed by atoms with E-state index in [-0.39, 0.29) is 30.1 Å². The van der Waals surface area contributed by atoms with Gasteiger partial charge in [0.2, 0.25) is 0 Å². The minimum atomic E-state index is -0.0792. The molecule has 2 fully saturated rings. The second kappa shape index (κ2) is 13.4. The summed E-state index contributed by atoms with van der Waals surface area (Å²) in [5, 5.41) is 17.4. The van der Waals surface area contributed by atoms with E-state index in [0.717, 1.165) is 63.2 Å². The number of aliphatic imine (C=N–C) groups is 1. The van der Waals surface area contributed by atoms with E-state index in [1.54, 1.807) is 0 Å². The van der Waals surface area contributed by atoms with E-state index in [0.29, 0.717) is 6.04 Å². The van der Waals surface area contributed by atoms with E-state index in [1.165, 1.54) is 25.7 Å². The van der Waals surface area contributed by atoms with E-state index in [1.807, 2.05) is 11.8 Å². The van der Waals surface area contributed by atoms with Gasteiger partial charge in [-0.05, 0) is 58.2 Å². The number of guanidine groups is 1. The number of piperidine rings is 1. The number of nitrogens with zero attached hydrogens (tertiary/aromatic N) is 2. The minimum Gasteiger partial charge on any atom is -0.393 e. The number of likely N-dealkylation sites (tertiary alicyclic amines) is 1. The highest BCUT2D eigenvalue weighted by atomic mass is 127. The van der Waals surface area contributed by atoms with Crippen LogP contribution in [-0.2, 0) is 0 Å². The van der Waals surface area contributed by atoms with Gasteiger partial charge < -0.3 is 20.6 Å². The van der Waals surface area contributed by atoms with Crippen molar-refractivity contribution in [1.29, 1.82) is 0 Å². The van der Waals surface area contributed by atoms with Gasteiger partial charge in [0, 0.05) is 37.5 Å². The van der Waals surface area contributed by atoms with Crippen molar-refractivity contribution in [2.75, 3.05) is 39.0 Å². The Kier molecular flexibility index (Phi) is 12.5. The number of halogens is 1. The van der Waals surface area contributed by atoms with E-state index < -0.39 is 0 Å². The molecule has 2 rings (SSSR count). The van der Waals surface area contributed by atoms with Crippen LogP contribution in [0.15, 0.2) is 4.99 Å². The average Bonchev–Trinajstić information content (AvgIpc) is 2.60. The van der Waals surface area contributed by atoms with Crippen LogP contribution in [0.3, 0.4) is 0 Å². The third-order valence-electron chi connectivity index (χ3n) is 5.10. The number of rotatable bonds is 7. The van der Waals surface area contributed by atoms with Crippen LogP contribution in [0.1, 0.15) is 51.9 Å². The topological polar surface area (TPSA) is 59.9 Å². The summed E-state index contributed by atoms with van der Waals surface area (Å²) >= 11 is 2.00. The molecule has 1 aliphatic carbocycles. The zero-order chi connectivity index (χ0) is 17.2. The van der Waals surface area contributed by atoms with Gasteiger partial charge >= 0.3 is 0 Å². The lowest BCUT2D eigenvalue weighted by Crippen LogP contribution is -2.45. The van der Waals surface area contributed by atoms with Gasteiger partial charge in [-0.2, -0.15) is 11.8 Å². The lowest BCUT2D eigenvalue weighted by Gasteiger charge is -2.30. The van der Waals surface area contributed by atoms with Gasteiger partial charge in [0.05, 0.1) is 6.10 Å². The molecular weight excluding hydrogens is 447 g/mol. The van der Waals surface area contributed by atoms with Crippen LogP contribution in [-0.4, -0.2) is 72.3 Å². The van der Waals surface area contributed by atoms with Crippen molar-refractivity contribution in [1.82, 2.24) is 15.5 Å². The quantitative estimate of drug-likeness (QED) is 0.225. The number of aliphatic hydroxyl groups excluding tert-OH is 1. The standard InChI is InChI=1S/C18H36N4OS.HI/c1-3-19-18(21-15-6-4-7-17(14-15)24-2)20-10-5-11-22-12-8-16(23)9-13-22;/h15-17,23H,3-14H2,1-2H3,(H2,19,20,21);1H. The number of hydrogen-bond donors (Lipinski definition) is 3. The van der Waals surface area contributed by atoms with Crippen molar-refractivity contribution >= 4 is 41.7 Å². The van der Waals surface area contributed by atoms with Crippen LogP contribution >= 0.6 is 35.7 Å². The second-order valence-corrected chi connectivity index (χ2v) is 8.19. The number of hydrogen-bond acceptors (Lipinski definition) is 4. The third-order valence-corrected chi connectivity index (χ3v) is 6.20. The highest BCUT2D eigenvalue weighted by molar-refractivity contribution is 14.0. The predicted octanol–water partition coefficient (Wildman–Crippen LogP) is 2.68. The van der Waals surface area contributed by atoms with Crippen molar-refractivity contribution in [2.24, 2.45) is 4.99 Å². The Labute approximate surface area is 175 Å². The second-order valence-electron chi connectivity index (χ2n) is 7.05. The smallest absolute Gasteiger partial charge is 0.191 e. The molecule has 0 spiro atoms. The maximum Gasteiger partial charge on any atom is 0.191 e. The zero-order valence-corrected chi connectivity index (χ0v) is 19.0. The molecule has 1 saturated heterocycles. The Morgan fingerprint density at radius 3 is 2.68 bits per heavy atom. The Hall–Kier alpha value is 0.270. The fourth-order valence-corrected chi connectivity index (χ4v) is 4.46. The number of thioether (sulfide) groups is 1. The first-order valence-electron chi connectivity index (χ1n) is 9.69. The number of nitrogens with one attached hydrogen (secondary N) is 2. The summed E-state index contributed by atoms with van der Waals surface area (Å²) in [7, 11) is 0. The molecule has 2 aliphatic rings. The molecule has 5 nitrogen and oxygen atoms in total. The fraction of sp³-hybridized carbons (Fsp3) is 0.944. The lowest BCUT2D eigenvalue weighted by atomic mass is 9.95. The van der Waals surface area contributed by atoms with Crippen LogP contribution in [0.2, 0.25) is 0 Å². The van der Waals surface area contributed by atoms with Crippen LogP contribution in [0.25, 0.3) is 0 Å². The summed E-state index contributed by atoms with van der Waals surface area (Å²) in [5.74, 6) is 0.985. The SMILES string of the molecule is CCNC(=NCCCN1CCC(O)CC1)NC1CCCC(SC)C1.I. The summed E-state index contributed by atoms with van der Waals surface area (Å²) in [6, 6.07) is 0.567. The summed E-state index contributed by atoms with van der Waals surface area (Å²) in [4.78, 5) is 7.22. The van der Waals surface area contributed by atoms with E-state index in [4.69, 9.17) is 4.99 Å². The molecule has 1 saturated carbocycles. The molecule has 0 radical (unpaired) electrons. The molecule has 2 unspecified atom stereocenters. The Morgan fingerprint density at radius 1 is 1.24 bits per heavy atom. The van der Waals surface area contributed by atoms with Gasteiger partial charge in [-0.3, -0.25) is 4.99 Å². The summed E-state index contributed by atoms with van der Waals surface area (Å²) in [6.45, 7) is 7.06. The third kappa shape index (κ3) is 9.15. The predicted molar refractivity (Wildman–Crippen MR) is 120 cm³/mol. The van der Waals surface area contributed by atoms with Gasteiger partial charge in [-0.15, -0.1) is 24.0 Å². The zero-order valence-electron chi connectivity index (χ0n) is 15.9. The maximum atomic E-state index is 9.56. The first kappa shape index (κ1) is 23.3. The Morgan fingerprint density at radius 2 is 2.00 bits per heavy atom. The van der Waals surface area contributed by atoms with Crippen molar-refractivity contribution in [2.45, 2.75) is 69.3 Å². The molecule has 0 aromatic carbocycles. The van der Waals surface area contributed by atoms with Gasteiger partial charge in [0.15, 0.2) is 5.96 Å². The van der Waals surface area contributed by atoms with Crippen molar-refractivity contribution in [3.8, 4) is 0 Å². The van der Waals surface area contributed by atoms with Crippen LogP contribution in [0.5, 0.6) is 0 Å². The normalized spacial score (nSPS) is 26.1. The fourth-order valence-electron chi connectivity index (χ4n) is 3.63. The molecule has 0 aromatic rings. The monoisotopic (exact) mass is 484 g/mol. The van der Waals surface area contributed by atoms with Gasteiger partial charge in [0.1, 0.15) is 0 Å². The average molecular weight is 484 g/mol. The highest BCUT2D eigenvalue weighted by Crippen LogP contribution is 2.26. The van der Waals surface area contributed by atoms with E-state index in [2.05, 4.69) is 28.7 Å². The number of aliphatic hydroxyl groups is 1. The van der Waals surface area contributed by atoms with Crippen molar-refractivity contribution in [3.63, 3.8) is 0 Å². The molecule has 1 aliphatic heterocycles. The molecule has 3 N–H and O–H groups in total. The summed E-state index contributed by atoms with van der Waals surface area (Å²) < 4.78 is 0. The molecule has 0 aromatic heterocycles. The van der Waals surface area contributed by atoms with E-state index >= 15 is 0 Å². The van der Waals surface area contributed by atoms with Crippen LogP contribution in [0.4, 0.5) is 0 Å². The van der Waals surface area contributed by atoms with E-state index in [9.17, 15) is 5.11 Å². The van der Waals surface area contributed by atoms with Gasteiger partial charge in [-0.25, -0.2) is 0 Å². The summed E-state index contributed by atoms with van der Waals surface area (Å²) in [5.41, 5.74) is 0. The molecule has 1 heterocycles. The minimum absolute atomic E-state index is 0. The Bertz CT molecular complexity index is 378. The first-order chi connectivity index (χ1) is 11.7. The highest BCUT2D eigenvalue weighted by Gasteiger charge is 2.22. The Balaban J connectivity index is 0.00000312.